The number of aromatic nitrogens is 3. The molecule has 0 aliphatic rings. The van der Waals surface area contributed by atoms with Gasteiger partial charge in [0.2, 0.25) is 10.0 Å². The largest absolute Gasteiger partial charge is 0.261 e. The van der Waals surface area contributed by atoms with E-state index < -0.39 is 10.0 Å². The van der Waals surface area contributed by atoms with Gasteiger partial charge < -0.3 is 0 Å². The topological polar surface area (TPSA) is 87.7 Å². The first-order chi connectivity index (χ1) is 10.6. The second-order valence-electron chi connectivity index (χ2n) is 4.70. The molecule has 3 aromatic rings. The highest BCUT2D eigenvalue weighted by Gasteiger charge is 2.14. The molecule has 0 amide bonds. The molecule has 1 aromatic heterocycles. The van der Waals surface area contributed by atoms with E-state index in [1.54, 1.807) is 24.3 Å². The van der Waals surface area contributed by atoms with Crippen LogP contribution >= 0.6 is 0 Å². The number of hydrogen-bond acceptors (Lipinski definition) is 4. The SMILES string of the molecule is O=S(=O)(NCc1cnn[nH]1)c1ccc(-c2ccccc2)cc1. The minimum Gasteiger partial charge on any atom is -0.261 e. The molecule has 3 rings (SSSR count). The molecule has 22 heavy (non-hydrogen) atoms. The van der Waals surface area contributed by atoms with Crippen molar-refractivity contribution >= 4 is 10.0 Å². The average Bonchev–Trinajstić information content (AvgIpc) is 3.08. The molecule has 0 radical (unpaired) electrons. The van der Waals surface area contributed by atoms with Gasteiger partial charge in [-0.05, 0) is 23.3 Å². The fraction of sp³-hybridized carbons (Fsp3) is 0.0667. The third-order valence-electron chi connectivity index (χ3n) is 3.19. The van der Waals surface area contributed by atoms with Crippen LogP contribution in [0.1, 0.15) is 5.69 Å². The Kier molecular flexibility index (Phi) is 3.99. The van der Waals surface area contributed by atoms with Crippen LogP contribution in [0, 0.1) is 0 Å². The van der Waals surface area contributed by atoms with E-state index in [2.05, 4.69) is 20.1 Å². The van der Waals surface area contributed by atoms with Crippen molar-refractivity contribution in [3.05, 3.63) is 66.5 Å². The molecule has 0 fully saturated rings. The minimum atomic E-state index is -3.56. The van der Waals surface area contributed by atoms with Crippen molar-refractivity contribution in [1.29, 1.82) is 0 Å². The van der Waals surface area contributed by atoms with Crippen LogP contribution in [0.5, 0.6) is 0 Å². The number of H-pyrrole nitrogens is 1. The second kappa shape index (κ2) is 6.08. The first kappa shape index (κ1) is 14.4. The maximum absolute atomic E-state index is 12.2. The number of rotatable bonds is 5. The molecule has 1 heterocycles. The molecule has 2 N–H and O–H groups in total. The van der Waals surface area contributed by atoms with E-state index in [4.69, 9.17) is 0 Å². The Hall–Kier alpha value is -2.51. The number of benzene rings is 2. The zero-order chi connectivity index (χ0) is 15.4. The summed E-state index contributed by atoms with van der Waals surface area (Å²) < 4.78 is 26.9. The van der Waals surface area contributed by atoms with Crippen LogP contribution < -0.4 is 4.72 Å². The Labute approximate surface area is 128 Å². The van der Waals surface area contributed by atoms with Gasteiger partial charge in [0.25, 0.3) is 0 Å². The molecule has 0 aliphatic heterocycles. The highest BCUT2D eigenvalue weighted by molar-refractivity contribution is 7.89. The van der Waals surface area contributed by atoms with Crippen LogP contribution in [0.15, 0.2) is 65.7 Å². The Bertz CT molecular complexity index is 829. The molecular formula is C15H14N4O2S. The van der Waals surface area contributed by atoms with Gasteiger partial charge in [-0.2, -0.15) is 0 Å². The Morgan fingerprint density at radius 2 is 1.64 bits per heavy atom. The van der Waals surface area contributed by atoms with Crippen molar-refractivity contribution in [1.82, 2.24) is 20.1 Å². The molecule has 0 unspecified atom stereocenters. The lowest BCUT2D eigenvalue weighted by atomic mass is 10.1. The monoisotopic (exact) mass is 314 g/mol. The maximum atomic E-state index is 12.2. The predicted octanol–water partition coefficient (Wildman–Crippen LogP) is 1.95. The predicted molar refractivity (Wildman–Crippen MR) is 82.3 cm³/mol. The third kappa shape index (κ3) is 3.21. The van der Waals surface area contributed by atoms with E-state index in [-0.39, 0.29) is 11.4 Å². The molecule has 0 aliphatic carbocycles. The molecule has 0 spiro atoms. The quantitative estimate of drug-likeness (QED) is 0.753. The second-order valence-corrected chi connectivity index (χ2v) is 6.46. The smallest absolute Gasteiger partial charge is 0.240 e. The lowest BCUT2D eigenvalue weighted by molar-refractivity contribution is 0.580. The van der Waals surface area contributed by atoms with Crippen LogP contribution in [-0.4, -0.2) is 23.8 Å². The van der Waals surface area contributed by atoms with Crippen molar-refractivity contribution in [3.63, 3.8) is 0 Å². The highest BCUT2D eigenvalue weighted by atomic mass is 32.2. The van der Waals surface area contributed by atoms with E-state index >= 15 is 0 Å². The van der Waals surface area contributed by atoms with Gasteiger partial charge in [0, 0.05) is 0 Å². The van der Waals surface area contributed by atoms with Crippen LogP contribution in [0.3, 0.4) is 0 Å². The normalized spacial score (nSPS) is 11.5. The summed E-state index contributed by atoms with van der Waals surface area (Å²) in [7, 11) is -3.56. The van der Waals surface area contributed by atoms with Crippen LogP contribution in [0.25, 0.3) is 11.1 Å². The summed E-state index contributed by atoms with van der Waals surface area (Å²) in [5, 5.41) is 9.74. The van der Waals surface area contributed by atoms with Gasteiger partial charge in [0.1, 0.15) is 0 Å². The first-order valence-corrected chi connectivity index (χ1v) is 8.13. The van der Waals surface area contributed by atoms with Crippen molar-refractivity contribution in [2.45, 2.75) is 11.4 Å². The molecule has 6 nitrogen and oxygen atoms in total. The maximum Gasteiger partial charge on any atom is 0.240 e. The summed E-state index contributed by atoms with van der Waals surface area (Å²) >= 11 is 0. The van der Waals surface area contributed by atoms with Gasteiger partial charge in [-0.15, -0.1) is 5.10 Å². The summed E-state index contributed by atoms with van der Waals surface area (Å²) in [6.07, 6.45) is 1.47. The highest BCUT2D eigenvalue weighted by Crippen LogP contribution is 2.20. The minimum absolute atomic E-state index is 0.121. The van der Waals surface area contributed by atoms with E-state index in [1.807, 2.05) is 30.3 Å². The summed E-state index contributed by atoms with van der Waals surface area (Å²) in [5.41, 5.74) is 2.62. The van der Waals surface area contributed by atoms with Crippen molar-refractivity contribution < 1.29 is 8.42 Å². The lowest BCUT2D eigenvalue weighted by Gasteiger charge is -2.07. The third-order valence-corrected chi connectivity index (χ3v) is 4.61. The van der Waals surface area contributed by atoms with Crippen molar-refractivity contribution in [2.24, 2.45) is 0 Å². The number of aromatic amines is 1. The molecular weight excluding hydrogens is 300 g/mol. The summed E-state index contributed by atoms with van der Waals surface area (Å²) in [5.74, 6) is 0. The number of sulfonamides is 1. The lowest BCUT2D eigenvalue weighted by Crippen LogP contribution is -2.23. The molecule has 0 atom stereocenters. The van der Waals surface area contributed by atoms with Gasteiger partial charge in [-0.3, -0.25) is 5.10 Å². The molecule has 0 saturated carbocycles. The molecule has 0 bridgehead atoms. The fourth-order valence-electron chi connectivity index (χ4n) is 2.02. The summed E-state index contributed by atoms with van der Waals surface area (Å²) in [6, 6.07) is 16.6. The van der Waals surface area contributed by atoms with Gasteiger partial charge in [-0.25, -0.2) is 13.1 Å². The van der Waals surface area contributed by atoms with E-state index in [0.29, 0.717) is 5.69 Å². The number of nitrogens with zero attached hydrogens (tertiary/aromatic N) is 2. The molecule has 7 heteroatoms. The Morgan fingerprint density at radius 1 is 0.955 bits per heavy atom. The van der Waals surface area contributed by atoms with Crippen molar-refractivity contribution in [3.8, 4) is 11.1 Å². The van der Waals surface area contributed by atoms with Gasteiger partial charge in [-0.1, -0.05) is 47.7 Å². The van der Waals surface area contributed by atoms with E-state index in [9.17, 15) is 8.42 Å². The summed E-state index contributed by atoms with van der Waals surface area (Å²) in [4.78, 5) is 0.222. The first-order valence-electron chi connectivity index (χ1n) is 6.65. The standard InChI is InChI=1S/C15H14N4O2S/c20-22(21,17-11-14-10-16-19-18-14)15-8-6-13(7-9-15)12-4-2-1-3-5-12/h1-10,17H,11H2,(H,16,18,19). The zero-order valence-electron chi connectivity index (χ0n) is 11.6. The van der Waals surface area contributed by atoms with Gasteiger partial charge in [0.05, 0.1) is 23.3 Å². The van der Waals surface area contributed by atoms with E-state index in [1.165, 1.54) is 6.20 Å². The Morgan fingerprint density at radius 3 is 2.27 bits per heavy atom. The van der Waals surface area contributed by atoms with Crippen LogP contribution in [0.2, 0.25) is 0 Å². The fourth-order valence-corrected chi connectivity index (χ4v) is 3.03. The average molecular weight is 314 g/mol. The van der Waals surface area contributed by atoms with Gasteiger partial charge in [0.15, 0.2) is 0 Å². The molecule has 112 valence electrons. The zero-order valence-corrected chi connectivity index (χ0v) is 12.4. The number of nitrogens with one attached hydrogen (secondary N) is 2. The van der Waals surface area contributed by atoms with Gasteiger partial charge >= 0.3 is 0 Å². The molecule has 0 saturated heterocycles. The molecule has 2 aromatic carbocycles. The Balaban J connectivity index is 1.77. The van der Waals surface area contributed by atoms with Crippen LogP contribution in [0.4, 0.5) is 0 Å². The summed E-state index contributed by atoms with van der Waals surface area (Å²) in [6.45, 7) is 0.121. The van der Waals surface area contributed by atoms with Crippen LogP contribution in [-0.2, 0) is 16.6 Å². The number of hydrogen-bond donors (Lipinski definition) is 2. The van der Waals surface area contributed by atoms with Crippen molar-refractivity contribution in [2.75, 3.05) is 0 Å². The van der Waals surface area contributed by atoms with E-state index in [0.717, 1.165) is 11.1 Å².